The highest BCUT2D eigenvalue weighted by atomic mass is 32.3. The van der Waals surface area contributed by atoms with Crippen LogP contribution in [-0.4, -0.2) is 35.2 Å². The van der Waals surface area contributed by atoms with Crippen LogP contribution in [0.15, 0.2) is 0 Å². The van der Waals surface area contributed by atoms with Crippen molar-refractivity contribution in [2.75, 3.05) is 20.8 Å². The van der Waals surface area contributed by atoms with Gasteiger partial charge in [-0.05, 0) is 6.92 Å². The van der Waals surface area contributed by atoms with Gasteiger partial charge in [-0.25, -0.2) is 0 Å². The molecular formula is C6H14O6S. The Kier molecular flexibility index (Phi) is 9.09. The molecule has 0 bridgehead atoms. The maximum atomic E-state index is 9.92. The zero-order chi connectivity index (χ0) is 10.9. The quantitative estimate of drug-likeness (QED) is 0.620. The van der Waals surface area contributed by atoms with Crippen LogP contribution in [0.5, 0.6) is 0 Å². The Morgan fingerprint density at radius 3 is 1.62 bits per heavy atom. The fourth-order valence-electron chi connectivity index (χ4n) is 0.271. The van der Waals surface area contributed by atoms with Crippen molar-refractivity contribution in [2.24, 2.45) is 0 Å². The van der Waals surface area contributed by atoms with Crippen molar-refractivity contribution in [3.63, 3.8) is 0 Å². The van der Waals surface area contributed by atoms with E-state index in [-0.39, 0.29) is 5.97 Å². The topological polar surface area (TPSA) is 78.9 Å². The number of hydrogen-bond acceptors (Lipinski definition) is 6. The Morgan fingerprint density at radius 2 is 1.62 bits per heavy atom. The third-order valence-corrected chi connectivity index (χ3v) is 1.57. The van der Waals surface area contributed by atoms with Gasteiger partial charge in [-0.3, -0.25) is 13.2 Å². The average molecular weight is 214 g/mol. The molecular weight excluding hydrogens is 200 g/mol. The van der Waals surface area contributed by atoms with Crippen LogP contribution >= 0.6 is 0 Å². The van der Waals surface area contributed by atoms with E-state index < -0.39 is 10.4 Å². The van der Waals surface area contributed by atoms with E-state index in [9.17, 15) is 13.2 Å². The largest absolute Gasteiger partial charge is 0.466 e. The standard InChI is InChI=1S/C4H8O2.C2H6O4S/c1-3-6-4(2)5;1-5-7(3,4)6-2/h3H2,1-2H3;1-2H3. The van der Waals surface area contributed by atoms with Crippen LogP contribution in [0.3, 0.4) is 0 Å². The molecule has 7 heteroatoms. The smallest absolute Gasteiger partial charge is 0.399 e. The normalized spacial score (nSPS) is 9.85. The fourth-order valence-corrected chi connectivity index (χ4v) is 0.407. The van der Waals surface area contributed by atoms with Crippen LogP contribution in [0, 0.1) is 0 Å². The number of hydrogen-bond donors (Lipinski definition) is 0. The van der Waals surface area contributed by atoms with E-state index in [1.807, 2.05) is 0 Å². The summed E-state index contributed by atoms with van der Waals surface area (Å²) < 4.78 is 31.9. The van der Waals surface area contributed by atoms with Gasteiger partial charge in [-0.2, -0.15) is 8.42 Å². The van der Waals surface area contributed by atoms with Crippen LogP contribution in [0.25, 0.3) is 0 Å². The number of esters is 1. The van der Waals surface area contributed by atoms with Gasteiger partial charge in [-0.1, -0.05) is 0 Å². The van der Waals surface area contributed by atoms with Crippen LogP contribution in [0.2, 0.25) is 0 Å². The van der Waals surface area contributed by atoms with Gasteiger partial charge in [0.05, 0.1) is 20.8 Å². The SMILES string of the molecule is CCOC(C)=O.COS(=O)(=O)OC. The molecule has 6 nitrogen and oxygen atoms in total. The van der Waals surface area contributed by atoms with Crippen molar-refractivity contribution >= 4 is 16.4 Å². The second-order valence-corrected chi connectivity index (χ2v) is 3.15. The summed E-state index contributed by atoms with van der Waals surface area (Å²) in [6, 6.07) is 0. The summed E-state index contributed by atoms with van der Waals surface area (Å²) in [7, 11) is -1.60. The van der Waals surface area contributed by atoms with E-state index in [0.29, 0.717) is 6.61 Å². The molecule has 0 aliphatic heterocycles. The molecule has 0 aliphatic carbocycles. The van der Waals surface area contributed by atoms with Crippen LogP contribution in [0.1, 0.15) is 13.8 Å². The second-order valence-electron chi connectivity index (χ2n) is 1.67. The van der Waals surface area contributed by atoms with Crippen molar-refractivity contribution in [2.45, 2.75) is 13.8 Å². The first-order valence-corrected chi connectivity index (χ1v) is 4.72. The third-order valence-electron chi connectivity index (χ3n) is 0.756. The monoisotopic (exact) mass is 214 g/mol. The predicted molar refractivity (Wildman–Crippen MR) is 45.2 cm³/mol. The molecule has 0 unspecified atom stereocenters. The number of rotatable bonds is 3. The molecule has 0 saturated carbocycles. The Morgan fingerprint density at radius 1 is 1.23 bits per heavy atom. The summed E-state index contributed by atoms with van der Waals surface area (Å²) in [5.41, 5.74) is 0. The van der Waals surface area contributed by atoms with Gasteiger partial charge in [0.1, 0.15) is 0 Å². The van der Waals surface area contributed by atoms with Gasteiger partial charge in [0, 0.05) is 6.92 Å². The van der Waals surface area contributed by atoms with Gasteiger partial charge in [-0.15, -0.1) is 0 Å². The fraction of sp³-hybridized carbons (Fsp3) is 0.833. The van der Waals surface area contributed by atoms with Gasteiger partial charge in [0.15, 0.2) is 0 Å². The Hall–Kier alpha value is -0.660. The average Bonchev–Trinajstić information content (AvgIpc) is 2.05. The highest BCUT2D eigenvalue weighted by Crippen LogP contribution is 1.85. The van der Waals surface area contributed by atoms with Gasteiger partial charge in [0.2, 0.25) is 0 Å². The minimum absolute atomic E-state index is 0.211. The number of carbonyl (C=O) groups is 1. The lowest BCUT2D eigenvalue weighted by molar-refractivity contribution is -0.140. The highest BCUT2D eigenvalue weighted by Gasteiger charge is 2.01. The van der Waals surface area contributed by atoms with Gasteiger partial charge < -0.3 is 4.74 Å². The first-order valence-electron chi connectivity index (χ1n) is 3.39. The predicted octanol–water partition coefficient (Wildman–Crippen LogP) is 0.0934. The summed E-state index contributed by atoms with van der Waals surface area (Å²) in [6.45, 7) is 3.65. The molecule has 0 rings (SSSR count). The third kappa shape index (κ3) is 14.2. The molecule has 0 aromatic carbocycles. The minimum Gasteiger partial charge on any atom is -0.466 e. The van der Waals surface area contributed by atoms with E-state index in [1.54, 1.807) is 6.92 Å². The molecule has 80 valence electrons. The molecule has 0 aromatic heterocycles. The summed E-state index contributed by atoms with van der Waals surface area (Å²) >= 11 is 0. The van der Waals surface area contributed by atoms with Crippen LogP contribution in [0.4, 0.5) is 0 Å². The lowest BCUT2D eigenvalue weighted by Gasteiger charge is -1.91. The summed E-state index contributed by atoms with van der Waals surface area (Å²) in [5, 5.41) is 0. The maximum absolute atomic E-state index is 9.92. The number of ether oxygens (including phenoxy) is 1. The maximum Gasteiger partial charge on any atom is 0.399 e. The van der Waals surface area contributed by atoms with E-state index in [4.69, 9.17) is 0 Å². The molecule has 0 heterocycles. The van der Waals surface area contributed by atoms with Crippen molar-refractivity contribution in [3.05, 3.63) is 0 Å². The van der Waals surface area contributed by atoms with Crippen molar-refractivity contribution in [1.82, 2.24) is 0 Å². The molecule has 13 heavy (non-hydrogen) atoms. The minimum atomic E-state index is -3.66. The number of carbonyl (C=O) groups excluding carboxylic acids is 1. The first-order chi connectivity index (χ1) is 5.89. The van der Waals surface area contributed by atoms with E-state index >= 15 is 0 Å². The summed E-state index contributed by atoms with van der Waals surface area (Å²) in [6.07, 6.45) is 0. The van der Waals surface area contributed by atoms with E-state index in [2.05, 4.69) is 13.1 Å². The first kappa shape index (κ1) is 14.8. The zero-order valence-electron chi connectivity index (χ0n) is 8.06. The Labute approximate surface area is 78.1 Å². The van der Waals surface area contributed by atoms with Crippen molar-refractivity contribution in [1.29, 1.82) is 0 Å². The molecule has 0 saturated heterocycles. The van der Waals surface area contributed by atoms with Crippen LogP contribution in [-0.2, 0) is 28.3 Å². The van der Waals surface area contributed by atoms with E-state index in [0.717, 1.165) is 14.2 Å². The molecule has 0 amide bonds. The molecule has 0 fully saturated rings. The lowest BCUT2D eigenvalue weighted by atomic mass is 10.8. The lowest BCUT2D eigenvalue weighted by Crippen LogP contribution is -2.02. The van der Waals surface area contributed by atoms with Gasteiger partial charge in [0.25, 0.3) is 0 Å². The summed E-state index contributed by atoms with van der Waals surface area (Å²) in [5.74, 6) is -0.211. The second kappa shape index (κ2) is 7.96. The molecule has 0 N–H and O–H groups in total. The Balaban J connectivity index is 0. The molecule has 0 spiro atoms. The van der Waals surface area contributed by atoms with Crippen LogP contribution < -0.4 is 0 Å². The molecule has 0 aromatic rings. The van der Waals surface area contributed by atoms with Crippen molar-refractivity contribution in [3.8, 4) is 0 Å². The molecule has 0 aliphatic rings. The highest BCUT2D eigenvalue weighted by molar-refractivity contribution is 7.81. The van der Waals surface area contributed by atoms with Crippen molar-refractivity contribution < 1.29 is 26.3 Å². The molecule has 0 atom stereocenters. The van der Waals surface area contributed by atoms with E-state index in [1.165, 1.54) is 6.92 Å². The van der Waals surface area contributed by atoms with Gasteiger partial charge >= 0.3 is 16.4 Å². The molecule has 0 radical (unpaired) electrons. The summed E-state index contributed by atoms with van der Waals surface area (Å²) in [4.78, 5) is 9.82. The zero-order valence-corrected chi connectivity index (χ0v) is 8.88. The Bertz CT molecular complexity index is 209.